The third-order valence-corrected chi connectivity index (χ3v) is 5.50. The standard InChI is InChI=1S/C23H28N4O4/c1-30-22(29)11-15-10-19(27(13-15)21(28)12-24)14-31-20-8-6-17(7-9-20)16-2-4-18(5-3-16)23(25)26/h2-9,15,19H,10-14,24H2,1H3,(H3,25,26)/t15-,19-/m0/s1. The Morgan fingerprint density at radius 2 is 1.71 bits per heavy atom. The molecule has 164 valence electrons. The van der Waals surface area contributed by atoms with Crippen molar-refractivity contribution in [3.8, 4) is 16.9 Å². The Hall–Kier alpha value is -3.39. The number of hydrogen-bond donors (Lipinski definition) is 3. The summed E-state index contributed by atoms with van der Waals surface area (Å²) in [5.74, 6) is 0.347. The molecule has 8 heteroatoms. The summed E-state index contributed by atoms with van der Waals surface area (Å²) in [6, 6.07) is 15.0. The number of carbonyl (C=O) groups excluding carboxylic acids is 2. The Labute approximate surface area is 181 Å². The lowest BCUT2D eigenvalue weighted by Crippen LogP contribution is -2.42. The van der Waals surface area contributed by atoms with E-state index >= 15 is 0 Å². The van der Waals surface area contributed by atoms with Crippen LogP contribution in [-0.4, -0.2) is 55.5 Å². The predicted molar refractivity (Wildman–Crippen MR) is 118 cm³/mol. The number of nitrogens with one attached hydrogen (secondary N) is 1. The number of carbonyl (C=O) groups is 2. The molecule has 8 nitrogen and oxygen atoms in total. The fraction of sp³-hybridized carbons (Fsp3) is 0.348. The lowest BCUT2D eigenvalue weighted by Gasteiger charge is -2.24. The second-order valence-corrected chi connectivity index (χ2v) is 7.61. The van der Waals surface area contributed by atoms with E-state index in [1.54, 1.807) is 4.90 Å². The van der Waals surface area contributed by atoms with E-state index in [0.29, 0.717) is 30.9 Å². The fourth-order valence-corrected chi connectivity index (χ4v) is 3.84. The molecule has 0 spiro atoms. The number of likely N-dealkylation sites (tertiary alicyclic amines) is 1. The highest BCUT2D eigenvalue weighted by Gasteiger charge is 2.36. The van der Waals surface area contributed by atoms with Crippen LogP contribution >= 0.6 is 0 Å². The van der Waals surface area contributed by atoms with Crippen molar-refractivity contribution in [2.75, 3.05) is 26.8 Å². The van der Waals surface area contributed by atoms with Crippen LogP contribution in [0.25, 0.3) is 11.1 Å². The highest BCUT2D eigenvalue weighted by atomic mass is 16.5. The lowest BCUT2D eigenvalue weighted by atomic mass is 10.0. The molecule has 2 aromatic rings. The van der Waals surface area contributed by atoms with Gasteiger partial charge < -0.3 is 25.8 Å². The summed E-state index contributed by atoms with van der Waals surface area (Å²) < 4.78 is 10.7. The quantitative estimate of drug-likeness (QED) is 0.336. The van der Waals surface area contributed by atoms with E-state index in [1.165, 1.54) is 7.11 Å². The van der Waals surface area contributed by atoms with E-state index in [1.807, 2.05) is 48.5 Å². The molecular weight excluding hydrogens is 396 g/mol. The summed E-state index contributed by atoms with van der Waals surface area (Å²) in [7, 11) is 1.36. The van der Waals surface area contributed by atoms with E-state index in [9.17, 15) is 9.59 Å². The monoisotopic (exact) mass is 424 g/mol. The molecule has 2 aromatic carbocycles. The number of hydrogen-bond acceptors (Lipinski definition) is 6. The maximum Gasteiger partial charge on any atom is 0.305 e. The number of esters is 1. The molecule has 0 aliphatic carbocycles. The van der Waals surface area contributed by atoms with Gasteiger partial charge in [0.1, 0.15) is 18.2 Å². The van der Waals surface area contributed by atoms with Crippen molar-refractivity contribution < 1.29 is 19.1 Å². The molecule has 1 aliphatic rings. The summed E-state index contributed by atoms with van der Waals surface area (Å²) in [6.45, 7) is 0.739. The van der Waals surface area contributed by atoms with Gasteiger partial charge in [-0.1, -0.05) is 36.4 Å². The van der Waals surface area contributed by atoms with Crippen LogP contribution in [0, 0.1) is 11.3 Å². The van der Waals surface area contributed by atoms with Crippen molar-refractivity contribution in [1.82, 2.24) is 4.90 Å². The van der Waals surface area contributed by atoms with Gasteiger partial charge in [-0.15, -0.1) is 0 Å². The van der Waals surface area contributed by atoms with Crippen molar-refractivity contribution in [2.45, 2.75) is 18.9 Å². The molecule has 31 heavy (non-hydrogen) atoms. The number of rotatable bonds is 8. The molecule has 0 bridgehead atoms. The van der Waals surface area contributed by atoms with E-state index in [-0.39, 0.29) is 42.6 Å². The molecule has 1 fully saturated rings. The van der Waals surface area contributed by atoms with Crippen molar-refractivity contribution in [3.63, 3.8) is 0 Å². The lowest BCUT2D eigenvalue weighted by molar-refractivity contribution is -0.142. The number of amides is 1. The van der Waals surface area contributed by atoms with Crippen molar-refractivity contribution in [3.05, 3.63) is 54.1 Å². The number of methoxy groups -OCH3 is 1. The van der Waals surface area contributed by atoms with Crippen molar-refractivity contribution >= 4 is 17.7 Å². The molecule has 0 unspecified atom stereocenters. The Morgan fingerprint density at radius 3 is 2.26 bits per heavy atom. The van der Waals surface area contributed by atoms with E-state index in [4.69, 9.17) is 26.4 Å². The zero-order valence-corrected chi connectivity index (χ0v) is 17.5. The molecule has 0 aromatic heterocycles. The Balaban J connectivity index is 1.62. The van der Waals surface area contributed by atoms with Gasteiger partial charge in [-0.2, -0.15) is 0 Å². The van der Waals surface area contributed by atoms with Gasteiger partial charge in [0, 0.05) is 12.1 Å². The highest BCUT2D eigenvalue weighted by Crippen LogP contribution is 2.28. The second-order valence-electron chi connectivity index (χ2n) is 7.61. The van der Waals surface area contributed by atoms with Crippen LogP contribution in [0.1, 0.15) is 18.4 Å². The average molecular weight is 425 g/mol. The topological polar surface area (TPSA) is 132 Å². The third kappa shape index (κ3) is 5.61. The number of nitrogens with two attached hydrogens (primary N) is 2. The summed E-state index contributed by atoms with van der Waals surface area (Å²) in [5.41, 5.74) is 13.8. The minimum atomic E-state index is -0.279. The average Bonchev–Trinajstić information content (AvgIpc) is 3.19. The van der Waals surface area contributed by atoms with Crippen LogP contribution in [0.4, 0.5) is 0 Å². The van der Waals surface area contributed by atoms with Crippen LogP contribution in [0.15, 0.2) is 48.5 Å². The van der Waals surface area contributed by atoms with Gasteiger partial charge >= 0.3 is 5.97 Å². The molecule has 3 rings (SSSR count). The molecule has 0 saturated carbocycles. The van der Waals surface area contributed by atoms with Gasteiger partial charge in [0.05, 0.1) is 26.1 Å². The van der Waals surface area contributed by atoms with Gasteiger partial charge in [-0.05, 0) is 35.6 Å². The fourth-order valence-electron chi connectivity index (χ4n) is 3.84. The van der Waals surface area contributed by atoms with Gasteiger partial charge in [0.2, 0.25) is 5.91 Å². The van der Waals surface area contributed by atoms with Gasteiger partial charge in [0.15, 0.2) is 0 Å². The van der Waals surface area contributed by atoms with Crippen molar-refractivity contribution in [2.24, 2.45) is 17.4 Å². The zero-order valence-electron chi connectivity index (χ0n) is 17.5. The Bertz CT molecular complexity index is 928. The predicted octanol–water partition coefficient (Wildman–Crippen LogP) is 1.76. The van der Waals surface area contributed by atoms with Gasteiger partial charge in [-0.3, -0.25) is 15.0 Å². The zero-order chi connectivity index (χ0) is 22.4. The first-order chi connectivity index (χ1) is 14.9. The molecule has 0 radical (unpaired) electrons. The van der Waals surface area contributed by atoms with E-state index in [0.717, 1.165) is 11.1 Å². The largest absolute Gasteiger partial charge is 0.491 e. The maximum atomic E-state index is 12.2. The van der Waals surface area contributed by atoms with Crippen LogP contribution in [0.2, 0.25) is 0 Å². The summed E-state index contributed by atoms with van der Waals surface area (Å²) in [6.07, 6.45) is 0.944. The van der Waals surface area contributed by atoms with E-state index in [2.05, 4.69) is 0 Å². The second kappa shape index (κ2) is 10.1. The normalized spacial score (nSPS) is 17.9. The highest BCUT2D eigenvalue weighted by molar-refractivity contribution is 5.95. The smallest absolute Gasteiger partial charge is 0.305 e. The summed E-state index contributed by atoms with van der Waals surface area (Å²) in [5, 5.41) is 7.47. The Morgan fingerprint density at radius 1 is 1.10 bits per heavy atom. The molecule has 1 amide bonds. The Kier molecular flexibility index (Phi) is 7.25. The third-order valence-electron chi connectivity index (χ3n) is 5.50. The molecule has 5 N–H and O–H groups in total. The SMILES string of the molecule is COC(=O)C[C@@H]1C[C@@H](COc2ccc(-c3ccc(C(=N)N)cc3)cc2)N(C(=O)CN)C1. The van der Waals surface area contributed by atoms with E-state index < -0.39 is 0 Å². The maximum absolute atomic E-state index is 12.2. The van der Waals surface area contributed by atoms with Crippen LogP contribution in [0.3, 0.4) is 0 Å². The van der Waals surface area contributed by atoms with Gasteiger partial charge in [0.25, 0.3) is 0 Å². The molecule has 1 heterocycles. The first-order valence-electron chi connectivity index (χ1n) is 10.1. The number of benzene rings is 2. The van der Waals surface area contributed by atoms with Crippen LogP contribution < -0.4 is 16.2 Å². The van der Waals surface area contributed by atoms with Crippen molar-refractivity contribution in [1.29, 1.82) is 5.41 Å². The first kappa shape index (κ1) is 22.3. The van der Waals surface area contributed by atoms with Crippen LogP contribution in [0.5, 0.6) is 5.75 Å². The summed E-state index contributed by atoms with van der Waals surface area (Å²) in [4.78, 5) is 25.5. The molecule has 2 atom stereocenters. The molecule has 1 aliphatic heterocycles. The minimum absolute atomic E-state index is 0.0388. The van der Waals surface area contributed by atoms with Gasteiger partial charge in [-0.25, -0.2) is 0 Å². The molecular formula is C23H28N4O4. The number of ether oxygens (including phenoxy) is 2. The number of amidine groups is 1. The molecule has 1 saturated heterocycles. The minimum Gasteiger partial charge on any atom is -0.491 e. The summed E-state index contributed by atoms with van der Waals surface area (Å²) >= 11 is 0. The number of nitrogens with zero attached hydrogens (tertiary/aromatic N) is 1. The van der Waals surface area contributed by atoms with Crippen LogP contribution in [-0.2, 0) is 14.3 Å². The number of nitrogen functional groups attached to an aromatic ring is 1. The first-order valence-corrected chi connectivity index (χ1v) is 10.1.